The van der Waals surface area contributed by atoms with Crippen molar-refractivity contribution >= 4 is 11.6 Å². The van der Waals surface area contributed by atoms with Crippen LogP contribution in [0.1, 0.15) is 5.82 Å². The Morgan fingerprint density at radius 3 is 2.93 bits per heavy atom. The van der Waals surface area contributed by atoms with Crippen LogP contribution in [0, 0.1) is 5.82 Å². The largest absolute Gasteiger partial charge is 0.324 e. The number of nitrogens with two attached hydrogens (primary N) is 1. The summed E-state index contributed by atoms with van der Waals surface area (Å²) in [6.45, 7) is 0.259. The first-order valence-electron chi connectivity index (χ1n) is 4.27. The van der Waals surface area contributed by atoms with E-state index in [0.717, 1.165) is 0 Å². The van der Waals surface area contributed by atoms with E-state index >= 15 is 0 Å². The van der Waals surface area contributed by atoms with Crippen molar-refractivity contribution in [2.75, 3.05) is 0 Å². The maximum absolute atomic E-state index is 12.9. The highest BCUT2D eigenvalue weighted by atomic mass is 35.5. The molecule has 2 N–H and O–H groups in total. The first kappa shape index (κ1) is 10.1. The molecule has 0 saturated heterocycles. The molecule has 78 valence electrons. The molecule has 0 bridgehead atoms. The second-order valence-corrected chi connectivity index (χ2v) is 3.33. The molecule has 0 aliphatic heterocycles. The Kier molecular flexibility index (Phi) is 2.66. The maximum atomic E-state index is 12.9. The van der Waals surface area contributed by atoms with Crippen molar-refractivity contribution in [3.05, 3.63) is 41.2 Å². The lowest BCUT2D eigenvalue weighted by Crippen LogP contribution is -2.06. The van der Waals surface area contributed by atoms with Gasteiger partial charge in [-0.1, -0.05) is 11.6 Å². The normalized spacial score (nSPS) is 10.6. The fourth-order valence-corrected chi connectivity index (χ4v) is 1.42. The Hall–Kier alpha value is -1.46. The zero-order valence-corrected chi connectivity index (χ0v) is 8.45. The zero-order chi connectivity index (χ0) is 10.8. The van der Waals surface area contributed by atoms with Gasteiger partial charge in [-0.15, -0.1) is 10.2 Å². The molecule has 6 heteroatoms. The Balaban J connectivity index is 2.50. The van der Waals surface area contributed by atoms with Gasteiger partial charge in [-0.25, -0.2) is 4.39 Å². The molecule has 0 aliphatic carbocycles. The minimum absolute atomic E-state index is 0.0594. The lowest BCUT2D eigenvalue weighted by atomic mass is 10.3. The van der Waals surface area contributed by atoms with Gasteiger partial charge in [0.15, 0.2) is 5.82 Å². The van der Waals surface area contributed by atoms with Gasteiger partial charge in [0, 0.05) is 0 Å². The van der Waals surface area contributed by atoms with E-state index in [1.807, 2.05) is 0 Å². The van der Waals surface area contributed by atoms with E-state index in [1.165, 1.54) is 18.5 Å². The second kappa shape index (κ2) is 3.96. The van der Waals surface area contributed by atoms with Crippen molar-refractivity contribution in [2.24, 2.45) is 5.73 Å². The molecule has 1 aromatic carbocycles. The van der Waals surface area contributed by atoms with Gasteiger partial charge in [-0.3, -0.25) is 4.57 Å². The third kappa shape index (κ3) is 1.84. The minimum Gasteiger partial charge on any atom is -0.324 e. The molecule has 0 radical (unpaired) electrons. The fourth-order valence-electron chi connectivity index (χ4n) is 1.25. The van der Waals surface area contributed by atoms with E-state index in [2.05, 4.69) is 10.2 Å². The second-order valence-electron chi connectivity index (χ2n) is 2.92. The van der Waals surface area contributed by atoms with E-state index in [4.69, 9.17) is 17.3 Å². The van der Waals surface area contributed by atoms with Crippen LogP contribution in [0.4, 0.5) is 4.39 Å². The Morgan fingerprint density at radius 2 is 2.27 bits per heavy atom. The highest BCUT2D eigenvalue weighted by molar-refractivity contribution is 6.30. The monoisotopic (exact) mass is 226 g/mol. The van der Waals surface area contributed by atoms with Gasteiger partial charge in [0.2, 0.25) is 0 Å². The van der Waals surface area contributed by atoms with Crippen molar-refractivity contribution in [1.82, 2.24) is 14.8 Å². The number of halogens is 2. The standard InChI is InChI=1S/C9H8ClFN4/c10-7-3-6(1-2-8(7)11)15-5-13-14-9(15)4-12/h1-3,5H,4,12H2. The number of benzene rings is 1. The number of rotatable bonds is 2. The van der Waals surface area contributed by atoms with Crippen LogP contribution in [-0.4, -0.2) is 14.8 Å². The van der Waals surface area contributed by atoms with Crippen LogP contribution in [0.5, 0.6) is 0 Å². The molecule has 4 nitrogen and oxygen atoms in total. The molecule has 0 spiro atoms. The predicted molar refractivity (Wildman–Crippen MR) is 54.2 cm³/mol. The van der Waals surface area contributed by atoms with Gasteiger partial charge in [-0.2, -0.15) is 0 Å². The zero-order valence-electron chi connectivity index (χ0n) is 7.69. The van der Waals surface area contributed by atoms with Gasteiger partial charge in [0.25, 0.3) is 0 Å². The first-order chi connectivity index (χ1) is 7.22. The molecule has 0 amide bonds. The van der Waals surface area contributed by atoms with Crippen molar-refractivity contribution < 1.29 is 4.39 Å². The first-order valence-corrected chi connectivity index (χ1v) is 4.64. The predicted octanol–water partition coefficient (Wildman–Crippen LogP) is 1.52. The van der Waals surface area contributed by atoms with E-state index in [1.54, 1.807) is 10.6 Å². The van der Waals surface area contributed by atoms with Crippen molar-refractivity contribution in [3.63, 3.8) is 0 Å². The average molecular weight is 227 g/mol. The van der Waals surface area contributed by atoms with Crippen molar-refractivity contribution in [2.45, 2.75) is 6.54 Å². The summed E-state index contributed by atoms with van der Waals surface area (Å²) in [6, 6.07) is 4.38. The van der Waals surface area contributed by atoms with Crippen LogP contribution in [0.3, 0.4) is 0 Å². The number of hydrogen-bond acceptors (Lipinski definition) is 3. The van der Waals surface area contributed by atoms with Crippen LogP contribution in [0.25, 0.3) is 5.69 Å². The summed E-state index contributed by atoms with van der Waals surface area (Å²) >= 11 is 5.67. The molecule has 0 atom stereocenters. The summed E-state index contributed by atoms with van der Waals surface area (Å²) in [5, 5.41) is 7.59. The number of aromatic nitrogens is 3. The summed E-state index contributed by atoms with van der Waals surface area (Å²) in [5.41, 5.74) is 6.16. The highest BCUT2D eigenvalue weighted by Gasteiger charge is 2.06. The summed E-state index contributed by atoms with van der Waals surface area (Å²) < 4.78 is 14.6. The number of nitrogens with zero attached hydrogens (tertiary/aromatic N) is 3. The van der Waals surface area contributed by atoms with Gasteiger partial charge >= 0.3 is 0 Å². The smallest absolute Gasteiger partial charge is 0.151 e. The molecule has 0 saturated carbocycles. The molecule has 0 aliphatic rings. The van der Waals surface area contributed by atoms with Crippen LogP contribution in [0.2, 0.25) is 5.02 Å². The maximum Gasteiger partial charge on any atom is 0.151 e. The van der Waals surface area contributed by atoms with Gasteiger partial charge in [0.1, 0.15) is 12.1 Å². The van der Waals surface area contributed by atoms with Gasteiger partial charge < -0.3 is 5.73 Å². The lowest BCUT2D eigenvalue weighted by Gasteiger charge is -2.05. The van der Waals surface area contributed by atoms with E-state index < -0.39 is 5.82 Å². The molecule has 0 unspecified atom stereocenters. The van der Waals surface area contributed by atoms with Crippen LogP contribution in [-0.2, 0) is 6.54 Å². The molecule has 2 aromatic rings. The SMILES string of the molecule is NCc1nncn1-c1ccc(F)c(Cl)c1. The topological polar surface area (TPSA) is 56.7 Å². The Bertz CT molecular complexity index is 483. The summed E-state index contributed by atoms with van der Waals surface area (Å²) in [6.07, 6.45) is 1.51. The Morgan fingerprint density at radius 1 is 1.47 bits per heavy atom. The van der Waals surface area contributed by atoms with Crippen molar-refractivity contribution in [1.29, 1.82) is 0 Å². The van der Waals surface area contributed by atoms with Crippen LogP contribution < -0.4 is 5.73 Å². The van der Waals surface area contributed by atoms with E-state index in [9.17, 15) is 4.39 Å². The average Bonchev–Trinajstić information content (AvgIpc) is 2.70. The summed E-state index contributed by atoms with van der Waals surface area (Å²) in [4.78, 5) is 0. The molecular formula is C9H8ClFN4. The quantitative estimate of drug-likeness (QED) is 0.845. The molecular weight excluding hydrogens is 219 g/mol. The molecule has 1 aromatic heterocycles. The third-order valence-electron chi connectivity index (χ3n) is 1.98. The minimum atomic E-state index is -0.456. The lowest BCUT2D eigenvalue weighted by molar-refractivity contribution is 0.627. The fraction of sp³-hybridized carbons (Fsp3) is 0.111. The van der Waals surface area contributed by atoms with Gasteiger partial charge in [-0.05, 0) is 18.2 Å². The molecule has 15 heavy (non-hydrogen) atoms. The van der Waals surface area contributed by atoms with E-state index in [-0.39, 0.29) is 11.6 Å². The third-order valence-corrected chi connectivity index (χ3v) is 2.27. The van der Waals surface area contributed by atoms with Crippen molar-refractivity contribution in [3.8, 4) is 5.69 Å². The molecule has 1 heterocycles. The Labute approximate surface area is 90.5 Å². The summed E-state index contributed by atoms with van der Waals surface area (Å²) in [5.74, 6) is 0.139. The number of hydrogen-bond donors (Lipinski definition) is 1. The molecule has 0 fully saturated rings. The van der Waals surface area contributed by atoms with Gasteiger partial charge in [0.05, 0.1) is 17.3 Å². The summed E-state index contributed by atoms with van der Waals surface area (Å²) in [7, 11) is 0. The van der Waals surface area contributed by atoms with Crippen LogP contribution >= 0.6 is 11.6 Å². The molecule has 2 rings (SSSR count). The van der Waals surface area contributed by atoms with E-state index in [0.29, 0.717) is 11.5 Å². The highest BCUT2D eigenvalue weighted by Crippen LogP contribution is 2.19. The van der Waals surface area contributed by atoms with Crippen LogP contribution in [0.15, 0.2) is 24.5 Å².